The monoisotopic (exact) mass is 278 g/mol. The van der Waals surface area contributed by atoms with Gasteiger partial charge in [0.2, 0.25) is 0 Å². The topological polar surface area (TPSA) is 63.5 Å². The highest BCUT2D eigenvalue weighted by molar-refractivity contribution is 5.74. The lowest BCUT2D eigenvalue weighted by Crippen LogP contribution is -2.67. The second-order valence-corrected chi connectivity index (χ2v) is 6.37. The Kier molecular flexibility index (Phi) is 3.24. The average molecular weight is 278 g/mol. The van der Waals surface area contributed by atoms with Crippen molar-refractivity contribution in [1.29, 1.82) is 0 Å². The number of hydrogen-bond donors (Lipinski definition) is 2. The van der Waals surface area contributed by atoms with Gasteiger partial charge in [0.1, 0.15) is 5.76 Å². The van der Waals surface area contributed by atoms with E-state index in [-0.39, 0.29) is 17.5 Å². The summed E-state index contributed by atoms with van der Waals surface area (Å²) in [5.41, 5.74) is 1.03. The van der Waals surface area contributed by atoms with Gasteiger partial charge in [-0.25, -0.2) is 4.79 Å². The highest BCUT2D eigenvalue weighted by Gasteiger charge is 2.59. The Labute approximate surface area is 119 Å². The number of urea groups is 1. The standard InChI is InChI=1S/C15H22N2O3/c1-9-10(4-6-19-9)8-16-14(18)17-12-11-5-7-20-13(11)15(12,2)3/h4,6,11-13H,5,7-8H2,1-3H3,(H2,16,17,18)/t11-,12+,13+/m0/s1. The van der Waals surface area contributed by atoms with Gasteiger partial charge in [0.05, 0.1) is 12.4 Å². The summed E-state index contributed by atoms with van der Waals surface area (Å²) in [7, 11) is 0. The van der Waals surface area contributed by atoms with Crippen LogP contribution in [0.4, 0.5) is 4.79 Å². The first-order valence-electron chi connectivity index (χ1n) is 7.19. The zero-order valence-electron chi connectivity index (χ0n) is 12.2. The number of hydrogen-bond acceptors (Lipinski definition) is 3. The smallest absolute Gasteiger partial charge is 0.315 e. The van der Waals surface area contributed by atoms with Gasteiger partial charge < -0.3 is 19.8 Å². The molecule has 0 aromatic carbocycles. The van der Waals surface area contributed by atoms with Crippen LogP contribution in [0.25, 0.3) is 0 Å². The van der Waals surface area contributed by atoms with Gasteiger partial charge in [0.25, 0.3) is 0 Å². The van der Waals surface area contributed by atoms with E-state index < -0.39 is 0 Å². The number of aryl methyl sites for hydroxylation is 1. The van der Waals surface area contributed by atoms with Gasteiger partial charge in [-0.1, -0.05) is 13.8 Å². The summed E-state index contributed by atoms with van der Waals surface area (Å²) in [4.78, 5) is 12.0. The average Bonchev–Trinajstić information content (AvgIpc) is 3.01. The first-order valence-corrected chi connectivity index (χ1v) is 7.19. The number of ether oxygens (including phenoxy) is 1. The van der Waals surface area contributed by atoms with E-state index in [1.807, 2.05) is 13.0 Å². The van der Waals surface area contributed by atoms with Gasteiger partial charge in [-0.15, -0.1) is 0 Å². The normalized spacial score (nSPS) is 30.4. The molecule has 1 saturated carbocycles. The summed E-state index contributed by atoms with van der Waals surface area (Å²) in [5.74, 6) is 1.31. The van der Waals surface area contributed by atoms with Crippen LogP contribution >= 0.6 is 0 Å². The minimum absolute atomic E-state index is 0.0179. The van der Waals surface area contributed by atoms with Gasteiger partial charge in [0.15, 0.2) is 0 Å². The zero-order valence-corrected chi connectivity index (χ0v) is 12.2. The summed E-state index contributed by atoms with van der Waals surface area (Å²) in [6.45, 7) is 7.51. The summed E-state index contributed by atoms with van der Waals surface area (Å²) >= 11 is 0. The molecule has 3 rings (SSSR count). The van der Waals surface area contributed by atoms with Crippen LogP contribution < -0.4 is 10.6 Å². The molecule has 1 aliphatic heterocycles. The third-order valence-corrected chi connectivity index (χ3v) is 4.79. The molecule has 1 aliphatic carbocycles. The van der Waals surface area contributed by atoms with Crippen molar-refractivity contribution >= 4 is 6.03 Å². The van der Waals surface area contributed by atoms with Crippen molar-refractivity contribution in [3.8, 4) is 0 Å². The quantitative estimate of drug-likeness (QED) is 0.891. The lowest BCUT2D eigenvalue weighted by molar-refractivity contribution is -0.108. The number of nitrogens with one attached hydrogen (secondary N) is 2. The van der Waals surface area contributed by atoms with Crippen LogP contribution in [0.3, 0.4) is 0 Å². The Hall–Kier alpha value is -1.49. The molecular weight excluding hydrogens is 256 g/mol. The van der Waals surface area contributed by atoms with Gasteiger partial charge in [-0.05, 0) is 19.4 Å². The zero-order chi connectivity index (χ0) is 14.3. The van der Waals surface area contributed by atoms with Gasteiger partial charge in [-0.2, -0.15) is 0 Å². The molecule has 1 aromatic heterocycles. The molecule has 2 heterocycles. The first-order chi connectivity index (χ1) is 9.50. The molecule has 2 aliphatic rings. The maximum Gasteiger partial charge on any atom is 0.315 e. The summed E-state index contributed by atoms with van der Waals surface area (Å²) < 4.78 is 10.9. The predicted molar refractivity (Wildman–Crippen MR) is 74.2 cm³/mol. The van der Waals surface area contributed by atoms with E-state index >= 15 is 0 Å². The lowest BCUT2D eigenvalue weighted by Gasteiger charge is -2.54. The maximum absolute atomic E-state index is 12.0. The van der Waals surface area contributed by atoms with Crippen molar-refractivity contribution in [3.63, 3.8) is 0 Å². The van der Waals surface area contributed by atoms with E-state index in [0.29, 0.717) is 18.6 Å². The van der Waals surface area contributed by atoms with Crippen LogP contribution in [0.5, 0.6) is 0 Å². The number of amides is 2. The van der Waals surface area contributed by atoms with Gasteiger partial charge in [0, 0.05) is 36.1 Å². The molecule has 0 bridgehead atoms. The number of furan rings is 1. The van der Waals surface area contributed by atoms with Gasteiger partial charge >= 0.3 is 6.03 Å². The van der Waals surface area contributed by atoms with Crippen molar-refractivity contribution in [2.24, 2.45) is 11.3 Å². The molecule has 2 N–H and O–H groups in total. The fourth-order valence-electron chi connectivity index (χ4n) is 3.58. The SMILES string of the molecule is Cc1occc1CNC(=O)N[C@@H]1[C@@H]2CCO[C@H]2C1(C)C. The van der Waals surface area contributed by atoms with Crippen molar-refractivity contribution in [2.75, 3.05) is 6.61 Å². The van der Waals surface area contributed by atoms with E-state index in [1.54, 1.807) is 6.26 Å². The largest absolute Gasteiger partial charge is 0.469 e. The molecule has 0 unspecified atom stereocenters. The van der Waals surface area contributed by atoms with Crippen LogP contribution in [-0.4, -0.2) is 24.8 Å². The molecular formula is C15H22N2O3. The molecule has 1 aromatic rings. The lowest BCUT2D eigenvalue weighted by atomic mass is 9.57. The maximum atomic E-state index is 12.0. The minimum atomic E-state index is -0.117. The van der Waals surface area contributed by atoms with E-state index in [2.05, 4.69) is 24.5 Å². The molecule has 0 spiro atoms. The molecule has 5 nitrogen and oxygen atoms in total. The Bertz CT molecular complexity index is 509. The Balaban J connectivity index is 1.53. The number of fused-ring (bicyclic) bond motifs is 1. The molecule has 2 fully saturated rings. The Morgan fingerprint density at radius 3 is 3.00 bits per heavy atom. The molecule has 2 amide bonds. The van der Waals surface area contributed by atoms with E-state index in [4.69, 9.17) is 9.15 Å². The first kappa shape index (κ1) is 13.5. The second kappa shape index (κ2) is 4.81. The Morgan fingerprint density at radius 1 is 1.50 bits per heavy atom. The van der Waals surface area contributed by atoms with E-state index in [0.717, 1.165) is 24.4 Å². The summed E-state index contributed by atoms with van der Waals surface area (Å²) in [6, 6.07) is 1.96. The van der Waals surface area contributed by atoms with E-state index in [9.17, 15) is 4.79 Å². The molecule has 20 heavy (non-hydrogen) atoms. The number of carbonyl (C=O) groups is 1. The fourth-order valence-corrected chi connectivity index (χ4v) is 3.58. The van der Waals surface area contributed by atoms with Gasteiger partial charge in [-0.3, -0.25) is 0 Å². The third-order valence-electron chi connectivity index (χ3n) is 4.79. The predicted octanol–water partition coefficient (Wildman–Crippen LogP) is 2.20. The van der Waals surface area contributed by atoms with Crippen LogP contribution in [0.2, 0.25) is 0 Å². The van der Waals surface area contributed by atoms with Crippen LogP contribution in [0.15, 0.2) is 16.7 Å². The number of rotatable bonds is 3. The van der Waals surface area contributed by atoms with Crippen LogP contribution in [0.1, 0.15) is 31.6 Å². The summed E-state index contributed by atoms with van der Waals surface area (Å²) in [6.07, 6.45) is 2.98. The van der Waals surface area contributed by atoms with Crippen LogP contribution in [0, 0.1) is 18.3 Å². The molecule has 5 heteroatoms. The fraction of sp³-hybridized carbons (Fsp3) is 0.667. The highest BCUT2D eigenvalue weighted by Crippen LogP contribution is 2.51. The van der Waals surface area contributed by atoms with E-state index in [1.165, 1.54) is 0 Å². The van der Waals surface area contributed by atoms with Crippen molar-refractivity contribution in [3.05, 3.63) is 23.7 Å². The molecule has 0 radical (unpaired) electrons. The minimum Gasteiger partial charge on any atom is -0.469 e. The summed E-state index contributed by atoms with van der Waals surface area (Å²) in [5, 5.41) is 5.99. The van der Waals surface area contributed by atoms with Crippen molar-refractivity contribution in [2.45, 2.75) is 45.9 Å². The second-order valence-electron chi connectivity index (χ2n) is 6.37. The number of carbonyl (C=O) groups excluding carboxylic acids is 1. The van der Waals surface area contributed by atoms with Crippen LogP contribution in [-0.2, 0) is 11.3 Å². The molecule has 110 valence electrons. The third kappa shape index (κ3) is 2.10. The van der Waals surface area contributed by atoms with Crippen molar-refractivity contribution < 1.29 is 13.9 Å². The molecule has 3 atom stereocenters. The highest BCUT2D eigenvalue weighted by atomic mass is 16.5. The van der Waals surface area contributed by atoms with Crippen molar-refractivity contribution in [1.82, 2.24) is 10.6 Å². The Morgan fingerprint density at radius 2 is 2.30 bits per heavy atom. The molecule has 1 saturated heterocycles.